The van der Waals surface area contributed by atoms with E-state index in [1.54, 1.807) is 34.7 Å². The number of nitrogens with zero attached hydrogens (tertiary/aromatic N) is 1. The Hall–Kier alpha value is -1.97. The fourth-order valence-corrected chi connectivity index (χ4v) is 2.06. The first-order chi connectivity index (χ1) is 10.0. The Bertz CT molecular complexity index is 704. The summed E-state index contributed by atoms with van der Waals surface area (Å²) in [6, 6.07) is 3.26. The Kier molecular flexibility index (Phi) is 4.56. The molecule has 112 valence electrons. The first-order valence-corrected chi connectivity index (χ1v) is 6.88. The number of methoxy groups -OCH3 is 3. The van der Waals surface area contributed by atoms with Gasteiger partial charge in [-0.25, -0.2) is 0 Å². The molecule has 0 amide bonds. The number of hydrogen-bond donors (Lipinski definition) is 2. The van der Waals surface area contributed by atoms with Gasteiger partial charge in [-0.15, -0.1) is 0 Å². The van der Waals surface area contributed by atoms with E-state index in [-0.39, 0.29) is 15.3 Å². The molecule has 2 rings (SSSR count). The lowest BCUT2D eigenvalue weighted by molar-refractivity contribution is 0.324. The highest BCUT2D eigenvalue weighted by atomic mass is 127. The third-order valence-electron chi connectivity index (χ3n) is 2.78. The molecule has 0 spiro atoms. The lowest BCUT2D eigenvalue weighted by Crippen LogP contribution is -2.12. The number of nitrogens with one attached hydrogen (secondary N) is 1. The van der Waals surface area contributed by atoms with Crippen LogP contribution in [0.2, 0.25) is 0 Å². The lowest BCUT2D eigenvalue weighted by Gasteiger charge is -2.13. The third kappa shape index (κ3) is 2.89. The third-order valence-corrected chi connectivity index (χ3v) is 3.76. The van der Waals surface area contributed by atoms with Crippen molar-refractivity contribution in [1.82, 2.24) is 9.97 Å². The number of hydrogen-bond acceptors (Lipinski definition) is 6. The Morgan fingerprint density at radius 1 is 1.14 bits per heavy atom. The van der Waals surface area contributed by atoms with Crippen molar-refractivity contribution >= 4 is 22.6 Å². The van der Waals surface area contributed by atoms with Gasteiger partial charge in [0.15, 0.2) is 11.5 Å². The molecule has 0 atom stereocenters. The van der Waals surface area contributed by atoms with E-state index in [1.165, 1.54) is 21.3 Å². The fourth-order valence-electron chi connectivity index (χ4n) is 1.80. The predicted molar refractivity (Wildman–Crippen MR) is 84.3 cm³/mol. The Labute approximate surface area is 134 Å². The molecule has 0 aliphatic rings. The number of ether oxygens (including phenoxy) is 3. The molecule has 7 nitrogen and oxygen atoms in total. The van der Waals surface area contributed by atoms with Crippen molar-refractivity contribution in [3.8, 4) is 34.5 Å². The second-order valence-corrected chi connectivity index (χ2v) is 5.04. The molecule has 1 heterocycles. The van der Waals surface area contributed by atoms with E-state index in [9.17, 15) is 9.90 Å². The standard InChI is InChI=1S/C13H13IN2O5/c1-19-7-4-6(5-8(20-2)10(7)21-3)11-15-12(17)9(14)13(18)16-11/h4-5H,1-3H3,(H2,15,16,17,18). The van der Waals surface area contributed by atoms with Crippen molar-refractivity contribution < 1.29 is 19.3 Å². The van der Waals surface area contributed by atoms with Gasteiger partial charge in [-0.1, -0.05) is 0 Å². The SMILES string of the molecule is COc1cc(-c2nc(O)c(I)c(=O)[nH]2)cc(OC)c1OC. The maximum Gasteiger partial charge on any atom is 0.268 e. The van der Waals surface area contributed by atoms with Crippen LogP contribution in [0.25, 0.3) is 11.4 Å². The van der Waals surface area contributed by atoms with Crippen LogP contribution in [0.1, 0.15) is 0 Å². The normalized spacial score (nSPS) is 10.3. The van der Waals surface area contributed by atoms with E-state index in [1.807, 2.05) is 0 Å². The zero-order valence-corrected chi connectivity index (χ0v) is 13.7. The number of aromatic nitrogens is 2. The highest BCUT2D eigenvalue weighted by Crippen LogP contribution is 2.40. The zero-order chi connectivity index (χ0) is 15.6. The molecule has 2 aromatic rings. The van der Waals surface area contributed by atoms with Crippen LogP contribution in [0.4, 0.5) is 0 Å². The second-order valence-electron chi connectivity index (χ2n) is 3.97. The van der Waals surface area contributed by atoms with Gasteiger partial charge >= 0.3 is 0 Å². The molecule has 0 aliphatic heterocycles. The number of H-pyrrole nitrogens is 1. The van der Waals surface area contributed by atoms with Crippen LogP contribution in [-0.2, 0) is 0 Å². The van der Waals surface area contributed by atoms with Crippen molar-refractivity contribution in [2.75, 3.05) is 21.3 Å². The highest BCUT2D eigenvalue weighted by molar-refractivity contribution is 14.1. The van der Waals surface area contributed by atoms with E-state index in [2.05, 4.69) is 9.97 Å². The van der Waals surface area contributed by atoms with E-state index in [4.69, 9.17) is 14.2 Å². The maximum atomic E-state index is 11.7. The van der Waals surface area contributed by atoms with Crippen molar-refractivity contribution in [1.29, 1.82) is 0 Å². The number of benzene rings is 1. The Balaban J connectivity index is 2.67. The number of aromatic hydroxyl groups is 1. The molecule has 1 aromatic carbocycles. The Morgan fingerprint density at radius 3 is 2.14 bits per heavy atom. The summed E-state index contributed by atoms with van der Waals surface area (Å²) >= 11 is 1.72. The maximum absolute atomic E-state index is 11.7. The molecule has 8 heteroatoms. The van der Waals surface area contributed by atoms with Gasteiger partial charge < -0.3 is 24.3 Å². The summed E-state index contributed by atoms with van der Waals surface area (Å²) in [5, 5.41) is 9.67. The van der Waals surface area contributed by atoms with Crippen LogP contribution < -0.4 is 19.8 Å². The lowest BCUT2D eigenvalue weighted by atomic mass is 10.1. The van der Waals surface area contributed by atoms with Crippen LogP contribution >= 0.6 is 22.6 Å². The molecular weight excluding hydrogens is 391 g/mol. The van der Waals surface area contributed by atoms with Gasteiger partial charge in [0.1, 0.15) is 9.39 Å². The summed E-state index contributed by atoms with van der Waals surface area (Å²) in [5.74, 6) is 1.15. The van der Waals surface area contributed by atoms with Crippen LogP contribution in [0.3, 0.4) is 0 Å². The molecule has 2 N–H and O–H groups in total. The quantitative estimate of drug-likeness (QED) is 0.755. The van der Waals surface area contributed by atoms with Gasteiger partial charge in [0.2, 0.25) is 11.6 Å². The van der Waals surface area contributed by atoms with Gasteiger partial charge in [-0.2, -0.15) is 4.98 Å². The van der Waals surface area contributed by atoms with Gasteiger partial charge in [-0.05, 0) is 34.7 Å². The van der Waals surface area contributed by atoms with Crippen molar-refractivity contribution in [3.05, 3.63) is 26.1 Å². The predicted octanol–water partition coefficient (Wildman–Crippen LogP) is 1.77. The monoisotopic (exact) mass is 404 g/mol. The minimum absolute atomic E-state index is 0.129. The van der Waals surface area contributed by atoms with Crippen LogP contribution in [0.15, 0.2) is 16.9 Å². The average molecular weight is 404 g/mol. The minimum Gasteiger partial charge on any atom is -0.493 e. The van der Waals surface area contributed by atoms with Gasteiger partial charge in [0, 0.05) is 5.56 Å². The molecule has 21 heavy (non-hydrogen) atoms. The van der Waals surface area contributed by atoms with E-state index in [0.717, 1.165) is 0 Å². The summed E-state index contributed by atoms with van der Waals surface area (Å²) in [6.07, 6.45) is 0. The summed E-state index contributed by atoms with van der Waals surface area (Å²) in [4.78, 5) is 18.3. The van der Waals surface area contributed by atoms with E-state index >= 15 is 0 Å². The number of halogens is 1. The van der Waals surface area contributed by atoms with Gasteiger partial charge in [0.25, 0.3) is 5.56 Å². The molecule has 1 aromatic heterocycles. The van der Waals surface area contributed by atoms with Crippen LogP contribution in [0, 0.1) is 3.57 Å². The highest BCUT2D eigenvalue weighted by Gasteiger charge is 2.16. The smallest absolute Gasteiger partial charge is 0.268 e. The van der Waals surface area contributed by atoms with E-state index in [0.29, 0.717) is 22.8 Å². The van der Waals surface area contributed by atoms with Crippen molar-refractivity contribution in [2.45, 2.75) is 0 Å². The molecule has 0 radical (unpaired) electrons. The fraction of sp³-hybridized carbons (Fsp3) is 0.231. The minimum atomic E-state index is -0.424. The molecule has 0 saturated carbocycles. The molecule has 0 unspecified atom stereocenters. The topological polar surface area (TPSA) is 93.7 Å². The van der Waals surface area contributed by atoms with Gasteiger partial charge in [-0.3, -0.25) is 4.79 Å². The largest absolute Gasteiger partial charge is 0.493 e. The second kappa shape index (κ2) is 6.20. The number of rotatable bonds is 4. The number of aromatic amines is 1. The first kappa shape index (κ1) is 15.4. The summed E-state index contributed by atoms with van der Waals surface area (Å²) < 4.78 is 15.8. The van der Waals surface area contributed by atoms with Gasteiger partial charge in [0.05, 0.1) is 21.3 Å². The van der Waals surface area contributed by atoms with Crippen LogP contribution in [0.5, 0.6) is 23.1 Å². The molecule has 0 aliphatic carbocycles. The molecule has 0 bridgehead atoms. The summed E-state index contributed by atoms with van der Waals surface area (Å²) in [6.45, 7) is 0. The average Bonchev–Trinajstić information content (AvgIpc) is 2.50. The first-order valence-electron chi connectivity index (χ1n) is 5.81. The zero-order valence-electron chi connectivity index (χ0n) is 11.6. The molecular formula is C13H13IN2O5. The van der Waals surface area contributed by atoms with Crippen LogP contribution in [-0.4, -0.2) is 36.4 Å². The molecule has 0 saturated heterocycles. The summed E-state index contributed by atoms with van der Waals surface area (Å²) in [7, 11) is 4.47. The van der Waals surface area contributed by atoms with Crippen molar-refractivity contribution in [3.63, 3.8) is 0 Å². The van der Waals surface area contributed by atoms with E-state index < -0.39 is 5.56 Å². The Morgan fingerprint density at radius 2 is 1.71 bits per heavy atom. The van der Waals surface area contributed by atoms with Crippen molar-refractivity contribution in [2.24, 2.45) is 0 Å². The molecule has 0 fully saturated rings. The summed E-state index contributed by atoms with van der Waals surface area (Å²) in [5.41, 5.74) is 0.0974.